The van der Waals surface area contributed by atoms with Gasteiger partial charge in [0.25, 0.3) is 0 Å². The van der Waals surface area contributed by atoms with E-state index in [1.54, 1.807) is 6.07 Å². The van der Waals surface area contributed by atoms with E-state index in [0.29, 0.717) is 29.3 Å². The molecule has 7 heteroatoms. The Kier molecular flexibility index (Phi) is 4.33. The predicted molar refractivity (Wildman–Crippen MR) is 73.3 cm³/mol. The molecule has 0 spiro atoms. The highest BCUT2D eigenvalue weighted by molar-refractivity contribution is 9.10. The van der Waals surface area contributed by atoms with Crippen LogP contribution >= 0.6 is 27.5 Å². The molecule has 18 heavy (non-hydrogen) atoms. The van der Waals surface area contributed by atoms with Gasteiger partial charge in [0.15, 0.2) is 0 Å². The zero-order valence-electron chi connectivity index (χ0n) is 9.77. The van der Waals surface area contributed by atoms with Crippen molar-refractivity contribution in [3.05, 3.63) is 27.7 Å². The molecule has 1 unspecified atom stereocenters. The van der Waals surface area contributed by atoms with Crippen LogP contribution in [-0.2, 0) is 14.8 Å². The molecule has 1 saturated heterocycles. The molecule has 0 N–H and O–H groups in total. The van der Waals surface area contributed by atoms with E-state index in [4.69, 9.17) is 16.3 Å². The summed E-state index contributed by atoms with van der Waals surface area (Å²) in [6, 6.07) is 4.46. The Bertz CT molecular complexity index is 549. The van der Waals surface area contributed by atoms with Crippen LogP contribution < -0.4 is 0 Å². The van der Waals surface area contributed by atoms with E-state index in [0.717, 1.165) is 0 Å². The SMILES string of the molecule is CC1COCCN1S(=O)(=O)c1ccc(Cl)c(Br)c1. The van der Waals surface area contributed by atoms with Crippen molar-refractivity contribution in [2.75, 3.05) is 19.8 Å². The van der Waals surface area contributed by atoms with E-state index >= 15 is 0 Å². The average molecular weight is 355 g/mol. The highest BCUT2D eigenvalue weighted by Gasteiger charge is 2.31. The largest absolute Gasteiger partial charge is 0.378 e. The van der Waals surface area contributed by atoms with Gasteiger partial charge < -0.3 is 4.74 Å². The van der Waals surface area contributed by atoms with Crippen LogP contribution in [0.3, 0.4) is 0 Å². The molecule has 0 saturated carbocycles. The number of hydrogen-bond acceptors (Lipinski definition) is 3. The smallest absolute Gasteiger partial charge is 0.243 e. The summed E-state index contributed by atoms with van der Waals surface area (Å²) in [4.78, 5) is 0.243. The van der Waals surface area contributed by atoms with E-state index in [2.05, 4.69) is 15.9 Å². The number of rotatable bonds is 2. The number of benzene rings is 1. The van der Waals surface area contributed by atoms with Crippen molar-refractivity contribution in [1.82, 2.24) is 4.31 Å². The molecule has 1 fully saturated rings. The fourth-order valence-corrected chi connectivity index (χ4v) is 4.12. The third-order valence-corrected chi connectivity index (χ3v) is 6.03. The van der Waals surface area contributed by atoms with Crippen molar-refractivity contribution < 1.29 is 13.2 Å². The summed E-state index contributed by atoms with van der Waals surface area (Å²) in [6.45, 7) is 3.07. The molecule has 1 aromatic rings. The molecule has 1 heterocycles. The standard InChI is InChI=1S/C11H13BrClNO3S/c1-8-7-17-5-4-14(8)18(15,16)9-2-3-11(13)10(12)6-9/h2-3,6,8H,4-5,7H2,1H3. The van der Waals surface area contributed by atoms with Crippen LogP contribution in [0.15, 0.2) is 27.6 Å². The first-order valence-corrected chi connectivity index (χ1v) is 8.08. The minimum Gasteiger partial charge on any atom is -0.378 e. The molecule has 0 aromatic heterocycles. The van der Waals surface area contributed by atoms with Gasteiger partial charge in [-0.2, -0.15) is 4.31 Å². The van der Waals surface area contributed by atoms with E-state index in [1.807, 2.05) is 6.92 Å². The normalized spacial score (nSPS) is 22.1. The van der Waals surface area contributed by atoms with Crippen molar-refractivity contribution in [3.63, 3.8) is 0 Å². The molecular formula is C11H13BrClNO3S. The van der Waals surface area contributed by atoms with Gasteiger partial charge in [-0.25, -0.2) is 8.42 Å². The van der Waals surface area contributed by atoms with Crippen molar-refractivity contribution in [1.29, 1.82) is 0 Å². The number of nitrogens with zero attached hydrogens (tertiary/aromatic N) is 1. The second-order valence-corrected chi connectivity index (χ2v) is 7.27. The van der Waals surface area contributed by atoms with Crippen LogP contribution in [0.25, 0.3) is 0 Å². The molecule has 0 amide bonds. The first kappa shape index (κ1) is 14.3. The second-order valence-electron chi connectivity index (χ2n) is 4.12. The molecule has 100 valence electrons. The third-order valence-electron chi connectivity index (χ3n) is 2.80. The summed E-state index contributed by atoms with van der Waals surface area (Å²) in [5, 5.41) is 0.490. The van der Waals surface area contributed by atoms with Gasteiger partial charge in [0.05, 0.1) is 23.1 Å². The van der Waals surface area contributed by atoms with E-state index in [9.17, 15) is 8.42 Å². The first-order valence-electron chi connectivity index (χ1n) is 5.47. The monoisotopic (exact) mass is 353 g/mol. The maximum atomic E-state index is 12.5. The lowest BCUT2D eigenvalue weighted by atomic mass is 10.3. The zero-order valence-corrected chi connectivity index (χ0v) is 12.9. The second kappa shape index (κ2) is 5.46. The van der Waals surface area contributed by atoms with Crippen LogP contribution in [0.5, 0.6) is 0 Å². The topological polar surface area (TPSA) is 46.6 Å². The summed E-state index contributed by atoms with van der Waals surface area (Å²) in [5.74, 6) is 0. The maximum absolute atomic E-state index is 12.5. The van der Waals surface area contributed by atoms with Crippen LogP contribution in [0, 0.1) is 0 Å². The molecule has 0 radical (unpaired) electrons. The zero-order chi connectivity index (χ0) is 13.3. The summed E-state index contributed by atoms with van der Waals surface area (Å²) in [7, 11) is -3.49. The van der Waals surface area contributed by atoms with Crippen molar-refractivity contribution in [2.24, 2.45) is 0 Å². The van der Waals surface area contributed by atoms with Gasteiger partial charge in [0.1, 0.15) is 0 Å². The molecule has 1 aromatic carbocycles. The number of sulfonamides is 1. The number of ether oxygens (including phenoxy) is 1. The van der Waals surface area contributed by atoms with Crippen LogP contribution in [0.2, 0.25) is 5.02 Å². The van der Waals surface area contributed by atoms with Gasteiger partial charge in [-0.3, -0.25) is 0 Å². The van der Waals surface area contributed by atoms with Crippen LogP contribution in [0.4, 0.5) is 0 Å². The molecule has 2 rings (SSSR count). The number of halogens is 2. The summed E-state index contributed by atoms with van der Waals surface area (Å²) < 4.78 is 32.2. The number of morpholine rings is 1. The van der Waals surface area contributed by atoms with Gasteiger partial charge in [-0.1, -0.05) is 11.6 Å². The quantitative estimate of drug-likeness (QED) is 0.820. The maximum Gasteiger partial charge on any atom is 0.243 e. The summed E-state index contributed by atoms with van der Waals surface area (Å²) in [5.41, 5.74) is 0. The van der Waals surface area contributed by atoms with E-state index in [-0.39, 0.29) is 10.9 Å². The lowest BCUT2D eigenvalue weighted by molar-refractivity contribution is 0.0393. The summed E-state index contributed by atoms with van der Waals surface area (Å²) >= 11 is 9.11. The summed E-state index contributed by atoms with van der Waals surface area (Å²) in [6.07, 6.45) is 0. The van der Waals surface area contributed by atoms with E-state index < -0.39 is 10.0 Å². The number of hydrogen-bond donors (Lipinski definition) is 0. The Morgan fingerprint density at radius 1 is 1.50 bits per heavy atom. The Hall–Kier alpha value is -0.140. The van der Waals surface area contributed by atoms with Crippen molar-refractivity contribution >= 4 is 37.6 Å². The molecule has 1 aliphatic rings. The van der Waals surface area contributed by atoms with Gasteiger partial charge in [-0.05, 0) is 41.1 Å². The van der Waals surface area contributed by atoms with Gasteiger partial charge in [-0.15, -0.1) is 0 Å². The Morgan fingerprint density at radius 3 is 2.83 bits per heavy atom. The minimum atomic E-state index is -3.49. The predicted octanol–water partition coefficient (Wildman–Crippen LogP) is 2.51. The Labute approximate surface area is 120 Å². The first-order chi connectivity index (χ1) is 8.43. The Morgan fingerprint density at radius 2 is 2.22 bits per heavy atom. The molecule has 4 nitrogen and oxygen atoms in total. The Balaban J connectivity index is 2.37. The van der Waals surface area contributed by atoms with Crippen molar-refractivity contribution in [2.45, 2.75) is 17.9 Å². The van der Waals surface area contributed by atoms with Crippen molar-refractivity contribution in [3.8, 4) is 0 Å². The van der Waals surface area contributed by atoms with Gasteiger partial charge in [0.2, 0.25) is 10.0 Å². The fraction of sp³-hybridized carbons (Fsp3) is 0.455. The lowest BCUT2D eigenvalue weighted by Gasteiger charge is -2.32. The third kappa shape index (κ3) is 2.72. The lowest BCUT2D eigenvalue weighted by Crippen LogP contribution is -2.46. The van der Waals surface area contributed by atoms with E-state index in [1.165, 1.54) is 16.4 Å². The molecule has 1 atom stereocenters. The molecule has 0 aliphatic carbocycles. The van der Waals surface area contributed by atoms with Gasteiger partial charge in [0, 0.05) is 17.1 Å². The fourth-order valence-electron chi connectivity index (χ4n) is 1.84. The molecular weight excluding hydrogens is 342 g/mol. The highest BCUT2D eigenvalue weighted by Crippen LogP contribution is 2.28. The van der Waals surface area contributed by atoms with Crippen LogP contribution in [0.1, 0.15) is 6.92 Å². The minimum absolute atomic E-state index is 0.154. The highest BCUT2D eigenvalue weighted by atomic mass is 79.9. The molecule has 1 aliphatic heterocycles. The average Bonchev–Trinajstić information content (AvgIpc) is 2.33. The van der Waals surface area contributed by atoms with Crippen LogP contribution in [-0.4, -0.2) is 38.5 Å². The molecule has 0 bridgehead atoms. The van der Waals surface area contributed by atoms with Gasteiger partial charge >= 0.3 is 0 Å².